The van der Waals surface area contributed by atoms with E-state index in [1.165, 1.54) is 48.2 Å². The molecule has 8 heteroatoms. The number of aromatic nitrogens is 2. The minimum atomic E-state index is -0.765. The van der Waals surface area contributed by atoms with Crippen LogP contribution in [0.15, 0.2) is 132 Å². The van der Waals surface area contributed by atoms with E-state index in [4.69, 9.17) is 0 Å². The molecule has 0 aliphatic carbocycles. The highest BCUT2D eigenvalue weighted by atomic mass is 16.3. The number of pyridine rings is 2. The lowest BCUT2D eigenvalue weighted by Crippen LogP contribution is -2.29. The number of unbranched alkanes of at least 4 members (excludes halogenated alkanes) is 3. The molecule has 230 valence electrons. The number of aryl methyl sites for hydroxylation is 2. The number of para-hydroxylation sites is 2. The lowest BCUT2D eigenvalue weighted by atomic mass is 9.98. The van der Waals surface area contributed by atoms with Crippen molar-refractivity contribution < 1.29 is 19.0 Å². The lowest BCUT2D eigenvalue weighted by molar-refractivity contribution is -0.596. The Labute approximate surface area is 265 Å². The highest BCUT2D eigenvalue weighted by Crippen LogP contribution is 2.17. The van der Waals surface area contributed by atoms with Gasteiger partial charge in [0, 0.05) is 54.2 Å². The minimum Gasteiger partial charge on any atom is -0.371 e. The van der Waals surface area contributed by atoms with Crippen molar-refractivity contribution in [2.24, 2.45) is 16.1 Å². The van der Waals surface area contributed by atoms with Crippen molar-refractivity contribution in [3.63, 3.8) is 0 Å². The van der Waals surface area contributed by atoms with Gasteiger partial charge in [0.05, 0.1) is 17.2 Å². The molecule has 0 saturated heterocycles. The van der Waals surface area contributed by atoms with Crippen LogP contribution in [0.2, 0.25) is 0 Å². The third kappa shape index (κ3) is 8.80. The summed E-state index contributed by atoms with van der Waals surface area (Å²) < 4.78 is 4.34. The fourth-order valence-corrected chi connectivity index (χ4v) is 5.36. The van der Waals surface area contributed by atoms with Gasteiger partial charge in [0.25, 0.3) is 5.91 Å². The van der Waals surface area contributed by atoms with E-state index in [2.05, 4.69) is 140 Å². The van der Waals surface area contributed by atoms with Gasteiger partial charge < -0.3 is 5.11 Å². The van der Waals surface area contributed by atoms with Gasteiger partial charge in [-0.15, -0.1) is 0 Å². The number of carbonyl (C=O) groups excluding carboxylic acids is 1. The van der Waals surface area contributed by atoms with Gasteiger partial charge in [-0.1, -0.05) is 55.3 Å². The maximum Gasteiger partial charge on any atom is 0.272 e. The smallest absolute Gasteiger partial charge is 0.272 e. The maximum atomic E-state index is 11.3. The molecule has 45 heavy (non-hydrogen) atoms. The SMILES string of the molecule is CC1=NNC(=O)C1=CC1C(C)=NNC1O.c1ccc(-[n+]2ccc(CCCCCCc3cc[n+](-c4ccccc4)cc3)cc2)cc1. The van der Waals surface area contributed by atoms with Crippen LogP contribution < -0.4 is 20.0 Å². The number of amides is 1. The van der Waals surface area contributed by atoms with E-state index in [-0.39, 0.29) is 11.8 Å². The molecule has 2 aromatic heterocycles. The third-order valence-electron chi connectivity index (χ3n) is 8.09. The van der Waals surface area contributed by atoms with E-state index in [1.54, 1.807) is 19.9 Å². The molecule has 2 aromatic carbocycles. The van der Waals surface area contributed by atoms with Crippen LogP contribution >= 0.6 is 0 Å². The first-order valence-electron chi connectivity index (χ1n) is 15.6. The van der Waals surface area contributed by atoms with Gasteiger partial charge in [0.1, 0.15) is 0 Å². The average Bonchev–Trinajstić information content (AvgIpc) is 3.58. The highest BCUT2D eigenvalue weighted by molar-refractivity contribution is 6.24. The number of aliphatic hydroxyl groups is 1. The predicted molar refractivity (Wildman–Crippen MR) is 177 cm³/mol. The van der Waals surface area contributed by atoms with Gasteiger partial charge >= 0.3 is 0 Å². The molecule has 3 N–H and O–H groups in total. The number of nitrogens with zero attached hydrogens (tertiary/aromatic N) is 4. The van der Waals surface area contributed by atoms with Gasteiger partial charge in [-0.05, 0) is 50.7 Å². The largest absolute Gasteiger partial charge is 0.371 e. The van der Waals surface area contributed by atoms with E-state index < -0.39 is 6.23 Å². The molecule has 4 aromatic rings. The normalized spacial score (nSPS) is 18.0. The number of hydrazone groups is 2. The third-order valence-corrected chi connectivity index (χ3v) is 8.09. The number of nitrogens with one attached hydrogen (secondary N) is 2. The number of hydrogen-bond donors (Lipinski definition) is 3. The zero-order chi connectivity index (χ0) is 31.4. The predicted octanol–water partition coefficient (Wildman–Crippen LogP) is 4.92. The van der Waals surface area contributed by atoms with Crippen molar-refractivity contribution in [2.45, 2.75) is 58.6 Å². The second-order valence-corrected chi connectivity index (χ2v) is 11.4. The molecule has 2 unspecified atom stereocenters. The van der Waals surface area contributed by atoms with Crippen molar-refractivity contribution >= 4 is 17.3 Å². The molecule has 0 fully saturated rings. The molecule has 4 heterocycles. The molecule has 2 aliphatic heterocycles. The maximum absolute atomic E-state index is 11.3. The first kappa shape index (κ1) is 31.5. The molecule has 0 spiro atoms. The Morgan fingerprint density at radius 1 is 0.711 bits per heavy atom. The van der Waals surface area contributed by atoms with E-state index in [1.807, 2.05) is 0 Å². The fourth-order valence-electron chi connectivity index (χ4n) is 5.36. The summed E-state index contributed by atoms with van der Waals surface area (Å²) in [6, 6.07) is 29.9. The number of hydrogen-bond acceptors (Lipinski definition) is 5. The van der Waals surface area contributed by atoms with Crippen LogP contribution in [0.4, 0.5) is 0 Å². The Hall–Kier alpha value is -4.95. The molecule has 1 amide bonds. The van der Waals surface area contributed by atoms with Crippen LogP contribution in [0.1, 0.15) is 50.7 Å². The van der Waals surface area contributed by atoms with Crippen LogP contribution in [-0.2, 0) is 17.6 Å². The van der Waals surface area contributed by atoms with Crippen molar-refractivity contribution in [1.82, 2.24) is 10.9 Å². The standard InChI is InChI=1S/C28H30N2.C9H12N4O2/c1(5-11-25-17-21-29(22-18-25)27-13-7-3-8-14-27)2-6-12-26-19-23-30(24-20-26)28-15-9-4-10-16-28;1-4-6(8(14)12-10-4)3-7-5(2)11-13-9(7)15/h3-4,7-10,13-24H,1-2,5-6,11-12H2;3,6,8,12,14H,1-2H3,(H,13,15)/q+2;. The minimum absolute atomic E-state index is 0.237. The number of benzene rings is 2. The quantitative estimate of drug-likeness (QED) is 0.137. The van der Waals surface area contributed by atoms with Gasteiger partial charge in [0.2, 0.25) is 11.4 Å². The summed E-state index contributed by atoms with van der Waals surface area (Å²) in [4.78, 5) is 11.3. The monoisotopic (exact) mass is 602 g/mol. The topological polar surface area (TPSA) is 93.8 Å². The van der Waals surface area contributed by atoms with Crippen LogP contribution in [-0.4, -0.2) is 28.7 Å². The van der Waals surface area contributed by atoms with E-state index in [9.17, 15) is 9.90 Å². The van der Waals surface area contributed by atoms with Crippen LogP contribution in [0, 0.1) is 5.92 Å². The van der Waals surface area contributed by atoms with E-state index in [0.29, 0.717) is 11.3 Å². The molecule has 8 nitrogen and oxygen atoms in total. The molecular formula is C37H42N6O2+2. The number of rotatable bonds is 10. The molecule has 2 aliphatic rings. The van der Waals surface area contributed by atoms with E-state index >= 15 is 0 Å². The summed E-state index contributed by atoms with van der Waals surface area (Å²) >= 11 is 0. The fraction of sp³-hybridized carbons (Fsp3) is 0.270. The number of aliphatic hydroxyl groups excluding tert-OH is 1. The van der Waals surface area contributed by atoms with Crippen molar-refractivity contribution in [2.75, 3.05) is 0 Å². The molecule has 0 radical (unpaired) electrons. The van der Waals surface area contributed by atoms with Crippen LogP contribution in [0.3, 0.4) is 0 Å². The van der Waals surface area contributed by atoms with Gasteiger partial charge in [-0.2, -0.15) is 19.3 Å². The molecule has 6 rings (SSSR count). The summed E-state index contributed by atoms with van der Waals surface area (Å²) in [6.07, 6.45) is 17.0. The summed E-state index contributed by atoms with van der Waals surface area (Å²) in [5.74, 6) is -0.506. The average molecular weight is 603 g/mol. The van der Waals surface area contributed by atoms with Gasteiger partial charge in [-0.3, -0.25) is 10.2 Å². The van der Waals surface area contributed by atoms with E-state index in [0.717, 1.165) is 18.6 Å². The highest BCUT2D eigenvalue weighted by Gasteiger charge is 2.28. The van der Waals surface area contributed by atoms with Crippen molar-refractivity contribution in [3.05, 3.63) is 132 Å². The second-order valence-electron chi connectivity index (χ2n) is 11.4. The van der Waals surface area contributed by atoms with Gasteiger partial charge in [0.15, 0.2) is 31.0 Å². The van der Waals surface area contributed by atoms with Crippen molar-refractivity contribution in [3.8, 4) is 11.4 Å². The summed E-state index contributed by atoms with van der Waals surface area (Å²) in [6.45, 7) is 3.54. The number of carbonyl (C=O) groups is 1. The Bertz CT molecular complexity index is 1550. The summed E-state index contributed by atoms with van der Waals surface area (Å²) in [5, 5.41) is 17.2. The first-order chi connectivity index (χ1) is 22.0. The van der Waals surface area contributed by atoms with Crippen molar-refractivity contribution in [1.29, 1.82) is 0 Å². The zero-order valence-corrected chi connectivity index (χ0v) is 26.0. The Kier molecular flexibility index (Phi) is 11.0. The summed E-state index contributed by atoms with van der Waals surface area (Å²) in [7, 11) is 0. The Morgan fingerprint density at radius 3 is 1.60 bits per heavy atom. The molecule has 0 bridgehead atoms. The van der Waals surface area contributed by atoms with Gasteiger partial charge in [-0.25, -0.2) is 5.43 Å². The lowest BCUT2D eigenvalue weighted by Gasteiger charge is -2.10. The second kappa shape index (κ2) is 15.7. The molecule has 2 atom stereocenters. The van der Waals surface area contributed by atoms with Crippen LogP contribution in [0.25, 0.3) is 11.4 Å². The molecule has 0 saturated carbocycles. The molecular weight excluding hydrogens is 560 g/mol. The van der Waals surface area contributed by atoms with Crippen LogP contribution in [0.5, 0.6) is 0 Å². The Morgan fingerprint density at radius 2 is 1.20 bits per heavy atom. The first-order valence-corrected chi connectivity index (χ1v) is 15.6. The zero-order valence-electron chi connectivity index (χ0n) is 26.0. The Balaban J connectivity index is 0.000000223. The summed E-state index contributed by atoms with van der Waals surface area (Å²) in [5.41, 5.74) is 12.1.